The second-order valence-electron chi connectivity index (χ2n) is 6.12. The Hall–Kier alpha value is -3.02. The van der Waals surface area contributed by atoms with Gasteiger partial charge in [-0.15, -0.1) is 0 Å². The van der Waals surface area contributed by atoms with Gasteiger partial charge >= 0.3 is 0 Å². The van der Waals surface area contributed by atoms with Crippen molar-refractivity contribution in [3.8, 4) is 11.5 Å². The largest absolute Gasteiger partial charge is 0.497 e. The van der Waals surface area contributed by atoms with Gasteiger partial charge < -0.3 is 19.7 Å². The molecule has 1 aliphatic rings. The summed E-state index contributed by atoms with van der Waals surface area (Å²) in [5.74, 6) is 1.01. The highest BCUT2D eigenvalue weighted by atomic mass is 16.5. The third-order valence-corrected chi connectivity index (χ3v) is 4.32. The number of benzene rings is 2. The molecule has 2 amide bonds. The van der Waals surface area contributed by atoms with Crippen LogP contribution in [0, 0.1) is 5.92 Å². The van der Waals surface area contributed by atoms with Gasteiger partial charge in [-0.3, -0.25) is 9.59 Å². The zero-order valence-electron chi connectivity index (χ0n) is 14.7. The van der Waals surface area contributed by atoms with E-state index in [4.69, 9.17) is 9.47 Å². The summed E-state index contributed by atoms with van der Waals surface area (Å²) in [4.78, 5) is 26.1. The number of hydrogen-bond acceptors (Lipinski definition) is 4. The van der Waals surface area contributed by atoms with Gasteiger partial charge in [0.25, 0.3) is 0 Å². The first-order chi connectivity index (χ1) is 12.7. The van der Waals surface area contributed by atoms with Gasteiger partial charge in [0.15, 0.2) is 0 Å². The van der Waals surface area contributed by atoms with Crippen LogP contribution >= 0.6 is 0 Å². The van der Waals surface area contributed by atoms with Gasteiger partial charge in [-0.05, 0) is 36.4 Å². The van der Waals surface area contributed by atoms with Crippen LogP contribution in [0.3, 0.4) is 0 Å². The number of anilines is 1. The molecule has 0 saturated carbocycles. The van der Waals surface area contributed by atoms with Crippen LogP contribution in [0.15, 0.2) is 54.6 Å². The summed E-state index contributed by atoms with van der Waals surface area (Å²) in [6, 6.07) is 16.5. The first-order valence-corrected chi connectivity index (χ1v) is 8.56. The minimum Gasteiger partial charge on any atom is -0.497 e. The molecule has 0 aromatic heterocycles. The van der Waals surface area contributed by atoms with Crippen molar-refractivity contribution in [1.82, 2.24) is 4.90 Å². The van der Waals surface area contributed by atoms with E-state index in [2.05, 4.69) is 5.32 Å². The molecule has 1 fully saturated rings. The Bertz CT molecular complexity index is 746. The van der Waals surface area contributed by atoms with Crippen LogP contribution in [0.1, 0.15) is 6.42 Å². The highest BCUT2D eigenvalue weighted by Gasteiger charge is 2.34. The number of nitrogens with one attached hydrogen (secondary N) is 1. The number of nitrogens with zero attached hydrogens (tertiary/aromatic N) is 1. The minimum absolute atomic E-state index is 0.0171. The Balaban J connectivity index is 1.46. The molecule has 136 valence electrons. The number of hydrogen-bond donors (Lipinski definition) is 1. The highest BCUT2D eigenvalue weighted by Crippen LogP contribution is 2.21. The minimum atomic E-state index is -0.330. The van der Waals surface area contributed by atoms with Crippen molar-refractivity contribution in [2.45, 2.75) is 6.42 Å². The fourth-order valence-corrected chi connectivity index (χ4v) is 2.88. The molecule has 3 rings (SSSR count). The molecule has 0 spiro atoms. The first kappa shape index (κ1) is 17.8. The average molecular weight is 354 g/mol. The number of amides is 2. The third-order valence-electron chi connectivity index (χ3n) is 4.32. The molecule has 1 unspecified atom stereocenters. The Morgan fingerprint density at radius 2 is 1.81 bits per heavy atom. The summed E-state index contributed by atoms with van der Waals surface area (Å²) in [5, 5.41) is 2.86. The van der Waals surface area contributed by atoms with E-state index in [0.717, 1.165) is 17.2 Å². The van der Waals surface area contributed by atoms with Crippen molar-refractivity contribution in [1.29, 1.82) is 0 Å². The maximum Gasteiger partial charge on any atom is 0.229 e. The smallest absolute Gasteiger partial charge is 0.229 e. The maximum atomic E-state index is 12.3. The lowest BCUT2D eigenvalue weighted by Crippen LogP contribution is -2.31. The molecule has 1 heterocycles. The summed E-state index contributed by atoms with van der Waals surface area (Å²) < 4.78 is 10.8. The maximum absolute atomic E-state index is 12.3. The number of rotatable bonds is 7. The molecule has 6 nitrogen and oxygen atoms in total. The van der Waals surface area contributed by atoms with Crippen LogP contribution in [-0.4, -0.2) is 43.5 Å². The predicted molar refractivity (Wildman–Crippen MR) is 98.2 cm³/mol. The highest BCUT2D eigenvalue weighted by molar-refractivity contribution is 5.97. The zero-order chi connectivity index (χ0) is 18.4. The molecule has 1 aliphatic heterocycles. The second kappa shape index (κ2) is 8.38. The average Bonchev–Trinajstić information content (AvgIpc) is 3.04. The summed E-state index contributed by atoms with van der Waals surface area (Å²) in [5.41, 5.74) is 0.742. The standard InChI is InChI=1S/C20H22N2O4/c1-25-17-7-9-18(10-8-17)26-12-11-22-14-15(13-19(22)23)20(24)21-16-5-3-2-4-6-16/h2-10,15H,11-14H2,1H3,(H,21,24). The number of ether oxygens (including phenoxy) is 2. The van der Waals surface area contributed by atoms with Gasteiger partial charge in [0.1, 0.15) is 18.1 Å². The zero-order valence-corrected chi connectivity index (χ0v) is 14.7. The topological polar surface area (TPSA) is 67.9 Å². The van der Waals surface area contributed by atoms with Gasteiger partial charge in [-0.25, -0.2) is 0 Å². The van der Waals surface area contributed by atoms with E-state index in [1.165, 1.54) is 0 Å². The van der Waals surface area contributed by atoms with Crippen LogP contribution < -0.4 is 14.8 Å². The number of carbonyl (C=O) groups excluding carboxylic acids is 2. The lowest BCUT2D eigenvalue weighted by molar-refractivity contribution is -0.128. The normalized spacial score (nSPS) is 16.4. The molecule has 0 radical (unpaired) electrons. The Morgan fingerprint density at radius 1 is 1.12 bits per heavy atom. The van der Waals surface area contributed by atoms with Gasteiger partial charge in [-0.2, -0.15) is 0 Å². The number of carbonyl (C=O) groups is 2. The number of para-hydroxylation sites is 1. The van der Waals surface area contributed by atoms with E-state index in [0.29, 0.717) is 19.7 Å². The van der Waals surface area contributed by atoms with Gasteiger partial charge in [0.05, 0.1) is 19.6 Å². The van der Waals surface area contributed by atoms with Crippen molar-refractivity contribution >= 4 is 17.5 Å². The third kappa shape index (κ3) is 4.53. The van der Waals surface area contributed by atoms with Crippen LogP contribution in [0.4, 0.5) is 5.69 Å². The van der Waals surface area contributed by atoms with Gasteiger partial charge in [0, 0.05) is 18.7 Å². The monoisotopic (exact) mass is 354 g/mol. The molecule has 1 atom stereocenters. The molecule has 1 saturated heterocycles. The van der Waals surface area contributed by atoms with Crippen LogP contribution in [0.2, 0.25) is 0 Å². The SMILES string of the molecule is COc1ccc(OCCN2CC(C(=O)Nc3ccccc3)CC2=O)cc1. The van der Waals surface area contributed by atoms with E-state index in [-0.39, 0.29) is 24.2 Å². The number of methoxy groups -OCH3 is 1. The molecule has 2 aromatic carbocycles. The van der Waals surface area contributed by atoms with Crippen molar-refractivity contribution in [3.05, 3.63) is 54.6 Å². The van der Waals surface area contributed by atoms with E-state index >= 15 is 0 Å². The summed E-state index contributed by atoms with van der Waals surface area (Å²) >= 11 is 0. The van der Waals surface area contributed by atoms with E-state index < -0.39 is 0 Å². The molecule has 0 aliphatic carbocycles. The lowest BCUT2D eigenvalue weighted by atomic mass is 10.1. The molecule has 0 bridgehead atoms. The molecular formula is C20H22N2O4. The van der Waals surface area contributed by atoms with E-state index in [1.807, 2.05) is 54.6 Å². The fourth-order valence-electron chi connectivity index (χ4n) is 2.88. The van der Waals surface area contributed by atoms with Crippen LogP contribution in [-0.2, 0) is 9.59 Å². The first-order valence-electron chi connectivity index (χ1n) is 8.56. The molecular weight excluding hydrogens is 332 g/mol. The van der Waals surface area contributed by atoms with Crippen molar-refractivity contribution < 1.29 is 19.1 Å². The van der Waals surface area contributed by atoms with Crippen molar-refractivity contribution in [2.24, 2.45) is 5.92 Å². The van der Waals surface area contributed by atoms with Crippen molar-refractivity contribution in [2.75, 3.05) is 32.1 Å². The summed E-state index contributed by atoms with van der Waals surface area (Å²) in [6.07, 6.45) is 0.237. The van der Waals surface area contributed by atoms with Crippen molar-refractivity contribution in [3.63, 3.8) is 0 Å². The Labute approximate surface area is 152 Å². The number of likely N-dealkylation sites (tertiary alicyclic amines) is 1. The van der Waals surface area contributed by atoms with E-state index in [1.54, 1.807) is 12.0 Å². The van der Waals surface area contributed by atoms with Crippen LogP contribution in [0.5, 0.6) is 11.5 Å². The second-order valence-corrected chi connectivity index (χ2v) is 6.12. The molecule has 1 N–H and O–H groups in total. The van der Waals surface area contributed by atoms with E-state index in [9.17, 15) is 9.59 Å². The Kier molecular flexibility index (Phi) is 5.73. The predicted octanol–water partition coefficient (Wildman–Crippen LogP) is 2.56. The molecule has 26 heavy (non-hydrogen) atoms. The van der Waals surface area contributed by atoms with Gasteiger partial charge in [0.2, 0.25) is 11.8 Å². The molecule has 6 heteroatoms. The lowest BCUT2D eigenvalue weighted by Gasteiger charge is -2.17. The molecule has 2 aromatic rings. The fraction of sp³-hybridized carbons (Fsp3) is 0.300. The summed E-state index contributed by atoms with van der Waals surface area (Å²) in [7, 11) is 1.61. The summed E-state index contributed by atoms with van der Waals surface area (Å²) in [6.45, 7) is 1.26. The Morgan fingerprint density at radius 3 is 2.50 bits per heavy atom. The van der Waals surface area contributed by atoms with Crippen LogP contribution in [0.25, 0.3) is 0 Å². The van der Waals surface area contributed by atoms with Gasteiger partial charge in [-0.1, -0.05) is 18.2 Å². The quantitative estimate of drug-likeness (QED) is 0.830.